The molecular formula is C12H17N. The van der Waals surface area contributed by atoms with Gasteiger partial charge in [0.05, 0.1) is 0 Å². The maximum atomic E-state index is 4.44. The third-order valence-corrected chi connectivity index (χ3v) is 3.04. The van der Waals surface area contributed by atoms with Gasteiger partial charge in [0.1, 0.15) is 0 Å². The molecule has 0 aromatic carbocycles. The van der Waals surface area contributed by atoms with Crippen molar-refractivity contribution in [1.29, 1.82) is 0 Å². The molecule has 70 valence electrons. The molecule has 13 heavy (non-hydrogen) atoms. The second-order valence-electron chi connectivity index (χ2n) is 3.92. The zero-order valence-corrected chi connectivity index (χ0v) is 8.29. The van der Waals surface area contributed by atoms with Crippen LogP contribution in [0.25, 0.3) is 0 Å². The summed E-state index contributed by atoms with van der Waals surface area (Å²) in [5.41, 5.74) is 2.66. The van der Waals surface area contributed by atoms with Gasteiger partial charge >= 0.3 is 0 Å². The quantitative estimate of drug-likeness (QED) is 0.672. The van der Waals surface area contributed by atoms with Crippen molar-refractivity contribution in [3.8, 4) is 0 Å². The lowest BCUT2D eigenvalue weighted by Crippen LogP contribution is -1.94. The molecule has 1 aromatic heterocycles. The van der Waals surface area contributed by atoms with Crippen LogP contribution in [0, 0.1) is 0 Å². The first-order chi connectivity index (χ1) is 6.40. The lowest BCUT2D eigenvalue weighted by atomic mass is 9.99. The number of hydrogen-bond acceptors (Lipinski definition) is 1. The Bertz CT molecular complexity index is 257. The second kappa shape index (κ2) is 3.91. The first-order valence-corrected chi connectivity index (χ1v) is 5.35. The van der Waals surface area contributed by atoms with Crippen molar-refractivity contribution in [1.82, 2.24) is 4.98 Å². The Morgan fingerprint density at radius 1 is 1.31 bits per heavy atom. The number of rotatable bonds is 2. The first kappa shape index (κ1) is 8.74. The number of aryl methyl sites for hydroxylation is 1. The molecule has 2 rings (SSSR count). The van der Waals surface area contributed by atoms with Crippen molar-refractivity contribution in [3.05, 3.63) is 29.6 Å². The highest BCUT2D eigenvalue weighted by Crippen LogP contribution is 2.33. The van der Waals surface area contributed by atoms with Crippen molar-refractivity contribution in [2.45, 2.75) is 44.9 Å². The van der Waals surface area contributed by atoms with Gasteiger partial charge in [-0.2, -0.15) is 0 Å². The molecule has 1 saturated carbocycles. The van der Waals surface area contributed by atoms with Crippen LogP contribution in [0.5, 0.6) is 0 Å². The minimum absolute atomic E-state index is 0.804. The highest BCUT2D eigenvalue weighted by Gasteiger charge is 2.16. The third kappa shape index (κ3) is 1.90. The average Bonchev–Trinajstić information content (AvgIpc) is 2.71. The Balaban J connectivity index is 2.12. The summed E-state index contributed by atoms with van der Waals surface area (Å²) in [6.45, 7) is 2.15. The van der Waals surface area contributed by atoms with E-state index in [4.69, 9.17) is 0 Å². The number of aromatic nitrogens is 1. The van der Waals surface area contributed by atoms with Crippen LogP contribution < -0.4 is 0 Å². The molecule has 0 atom stereocenters. The van der Waals surface area contributed by atoms with E-state index in [0.29, 0.717) is 0 Å². The molecule has 0 spiro atoms. The van der Waals surface area contributed by atoms with E-state index in [0.717, 1.165) is 12.3 Å². The van der Waals surface area contributed by atoms with Gasteiger partial charge in [0.2, 0.25) is 0 Å². The summed E-state index contributed by atoms with van der Waals surface area (Å²) in [4.78, 5) is 4.44. The van der Waals surface area contributed by atoms with Gasteiger partial charge in [-0.3, -0.25) is 4.98 Å². The second-order valence-corrected chi connectivity index (χ2v) is 3.92. The molecule has 0 amide bonds. The van der Waals surface area contributed by atoms with Crippen molar-refractivity contribution in [3.63, 3.8) is 0 Å². The van der Waals surface area contributed by atoms with Crippen molar-refractivity contribution >= 4 is 0 Å². The fourth-order valence-electron chi connectivity index (χ4n) is 2.15. The molecule has 0 radical (unpaired) electrons. The maximum absolute atomic E-state index is 4.44. The number of hydrogen-bond donors (Lipinski definition) is 0. The van der Waals surface area contributed by atoms with E-state index < -0.39 is 0 Å². The Kier molecular flexibility index (Phi) is 2.62. The summed E-state index contributed by atoms with van der Waals surface area (Å²) in [6, 6.07) is 4.44. The number of nitrogens with zero attached hydrogens (tertiary/aromatic N) is 1. The van der Waals surface area contributed by atoms with Crippen molar-refractivity contribution < 1.29 is 0 Å². The molecule has 1 aliphatic carbocycles. The van der Waals surface area contributed by atoms with E-state index in [9.17, 15) is 0 Å². The van der Waals surface area contributed by atoms with Gasteiger partial charge in [0.15, 0.2) is 0 Å². The molecule has 1 nitrogen and oxygen atoms in total. The summed E-state index contributed by atoms with van der Waals surface area (Å²) in [5.74, 6) is 0.804. The monoisotopic (exact) mass is 175 g/mol. The molecule has 0 N–H and O–H groups in total. The van der Waals surface area contributed by atoms with Crippen LogP contribution in [-0.4, -0.2) is 4.98 Å². The van der Waals surface area contributed by atoms with E-state index in [1.807, 2.05) is 0 Å². The Morgan fingerprint density at radius 3 is 2.62 bits per heavy atom. The molecule has 1 aliphatic rings. The van der Waals surface area contributed by atoms with Gasteiger partial charge in [-0.1, -0.05) is 25.8 Å². The molecular weight excluding hydrogens is 158 g/mol. The average molecular weight is 175 g/mol. The van der Waals surface area contributed by atoms with E-state index in [-0.39, 0.29) is 0 Å². The topological polar surface area (TPSA) is 12.9 Å². The SMILES string of the molecule is CCc1ccc(C2CCCC2)cn1. The highest BCUT2D eigenvalue weighted by atomic mass is 14.7. The molecule has 1 heterocycles. The van der Waals surface area contributed by atoms with Crippen LogP contribution in [-0.2, 0) is 6.42 Å². The van der Waals surface area contributed by atoms with Gasteiger partial charge in [-0.15, -0.1) is 0 Å². The molecule has 0 saturated heterocycles. The van der Waals surface area contributed by atoms with Crippen LogP contribution in [0.15, 0.2) is 18.3 Å². The van der Waals surface area contributed by atoms with Gasteiger partial charge in [0, 0.05) is 11.9 Å². The van der Waals surface area contributed by atoms with Crippen LogP contribution in [0.2, 0.25) is 0 Å². The molecule has 1 aromatic rings. The lowest BCUT2D eigenvalue weighted by Gasteiger charge is -2.08. The third-order valence-electron chi connectivity index (χ3n) is 3.04. The minimum atomic E-state index is 0.804. The van der Waals surface area contributed by atoms with Crippen LogP contribution in [0.4, 0.5) is 0 Å². The van der Waals surface area contributed by atoms with Crippen LogP contribution >= 0.6 is 0 Å². The maximum Gasteiger partial charge on any atom is 0.0401 e. The van der Waals surface area contributed by atoms with E-state index in [2.05, 4.69) is 30.2 Å². The van der Waals surface area contributed by atoms with Crippen molar-refractivity contribution in [2.75, 3.05) is 0 Å². The summed E-state index contributed by atoms with van der Waals surface area (Å²) < 4.78 is 0. The van der Waals surface area contributed by atoms with E-state index >= 15 is 0 Å². The molecule has 0 bridgehead atoms. The minimum Gasteiger partial charge on any atom is -0.261 e. The van der Waals surface area contributed by atoms with Gasteiger partial charge in [-0.25, -0.2) is 0 Å². The van der Waals surface area contributed by atoms with Crippen molar-refractivity contribution in [2.24, 2.45) is 0 Å². The Morgan fingerprint density at radius 2 is 2.08 bits per heavy atom. The fourth-order valence-corrected chi connectivity index (χ4v) is 2.15. The molecule has 1 fully saturated rings. The van der Waals surface area contributed by atoms with Gasteiger partial charge < -0.3 is 0 Å². The van der Waals surface area contributed by atoms with Crippen LogP contribution in [0.1, 0.15) is 49.8 Å². The van der Waals surface area contributed by atoms with Gasteiger partial charge in [-0.05, 0) is 36.8 Å². The summed E-state index contributed by atoms with van der Waals surface area (Å²) >= 11 is 0. The fraction of sp³-hybridized carbons (Fsp3) is 0.583. The first-order valence-electron chi connectivity index (χ1n) is 5.35. The van der Waals surface area contributed by atoms with E-state index in [1.165, 1.54) is 36.9 Å². The largest absolute Gasteiger partial charge is 0.261 e. The normalized spacial score (nSPS) is 17.9. The standard InChI is InChI=1S/C12H17N/c1-2-12-8-7-11(9-13-12)10-5-3-4-6-10/h7-10H,2-6H2,1H3. The summed E-state index contributed by atoms with van der Waals surface area (Å²) in [6.07, 6.45) is 8.67. The molecule has 1 heteroatoms. The Labute approximate surface area is 80.2 Å². The predicted molar refractivity (Wildman–Crippen MR) is 54.8 cm³/mol. The zero-order valence-electron chi connectivity index (χ0n) is 8.29. The summed E-state index contributed by atoms with van der Waals surface area (Å²) in [5, 5.41) is 0. The van der Waals surface area contributed by atoms with Gasteiger partial charge in [0.25, 0.3) is 0 Å². The van der Waals surface area contributed by atoms with Crippen LogP contribution in [0.3, 0.4) is 0 Å². The molecule has 0 unspecified atom stereocenters. The zero-order chi connectivity index (χ0) is 9.10. The predicted octanol–water partition coefficient (Wildman–Crippen LogP) is 3.30. The smallest absolute Gasteiger partial charge is 0.0401 e. The summed E-state index contributed by atoms with van der Waals surface area (Å²) in [7, 11) is 0. The van der Waals surface area contributed by atoms with E-state index in [1.54, 1.807) is 0 Å². The number of pyridine rings is 1. The highest BCUT2D eigenvalue weighted by molar-refractivity contribution is 5.19. The molecule has 0 aliphatic heterocycles. The Hall–Kier alpha value is -0.850. The lowest BCUT2D eigenvalue weighted by molar-refractivity contribution is 0.717.